The Kier molecular flexibility index (Phi) is 5.64. The Morgan fingerprint density at radius 1 is 1.22 bits per heavy atom. The zero-order valence-corrected chi connectivity index (χ0v) is 12.3. The lowest BCUT2D eigenvalue weighted by Gasteiger charge is -2.35. The Hall–Kier alpha value is -0.570. The summed E-state index contributed by atoms with van der Waals surface area (Å²) in [4.78, 5) is 12.6. The van der Waals surface area contributed by atoms with Gasteiger partial charge in [0.2, 0.25) is 5.91 Å². The minimum Gasteiger partial charge on any atom is -0.351 e. The average Bonchev–Trinajstić information content (AvgIpc) is 2.54. The number of nitrogens with one attached hydrogen (secondary N) is 1. The molecule has 0 aromatic carbocycles. The Morgan fingerprint density at radius 3 is 2.22 bits per heavy atom. The van der Waals surface area contributed by atoms with Gasteiger partial charge in [-0.15, -0.1) is 0 Å². The summed E-state index contributed by atoms with van der Waals surface area (Å²) >= 11 is 0. The molecule has 0 radical (unpaired) electrons. The Balaban J connectivity index is 2.71. The van der Waals surface area contributed by atoms with E-state index in [0.29, 0.717) is 6.54 Å². The van der Waals surface area contributed by atoms with Gasteiger partial charge in [-0.1, -0.05) is 39.0 Å². The van der Waals surface area contributed by atoms with Crippen LogP contribution in [0, 0.1) is 5.41 Å². The summed E-state index contributed by atoms with van der Waals surface area (Å²) in [6, 6.07) is 0. The van der Waals surface area contributed by atoms with Crippen molar-refractivity contribution >= 4 is 5.91 Å². The van der Waals surface area contributed by atoms with E-state index in [0.717, 1.165) is 38.5 Å². The Labute approximate surface area is 112 Å². The summed E-state index contributed by atoms with van der Waals surface area (Å²) in [5, 5.41) is 3.23. The molecule has 0 aromatic heterocycles. The molecule has 3 N–H and O–H groups in total. The van der Waals surface area contributed by atoms with Gasteiger partial charge in [-0.25, -0.2) is 0 Å². The van der Waals surface area contributed by atoms with Crippen molar-refractivity contribution in [2.45, 2.75) is 77.7 Å². The van der Waals surface area contributed by atoms with Gasteiger partial charge in [0.25, 0.3) is 0 Å². The van der Waals surface area contributed by atoms with Gasteiger partial charge in [0.15, 0.2) is 0 Å². The highest BCUT2D eigenvalue weighted by Crippen LogP contribution is 2.35. The lowest BCUT2D eigenvalue weighted by Crippen LogP contribution is -2.53. The van der Waals surface area contributed by atoms with Crippen LogP contribution in [-0.4, -0.2) is 18.0 Å². The highest BCUT2D eigenvalue weighted by molar-refractivity contribution is 5.83. The second kappa shape index (κ2) is 6.55. The summed E-state index contributed by atoms with van der Waals surface area (Å²) in [6.07, 6.45) is 8.77. The largest absolute Gasteiger partial charge is 0.351 e. The third kappa shape index (κ3) is 3.98. The molecular formula is C15H30N2O. The molecule has 1 amide bonds. The van der Waals surface area contributed by atoms with Gasteiger partial charge in [-0.05, 0) is 33.1 Å². The fraction of sp³-hybridized carbons (Fsp3) is 0.933. The molecule has 18 heavy (non-hydrogen) atoms. The lowest BCUT2D eigenvalue weighted by molar-refractivity contribution is -0.133. The van der Waals surface area contributed by atoms with Gasteiger partial charge in [0.1, 0.15) is 0 Å². The highest BCUT2D eigenvalue weighted by Gasteiger charge is 2.39. The molecule has 106 valence electrons. The molecule has 0 aliphatic heterocycles. The van der Waals surface area contributed by atoms with Crippen molar-refractivity contribution in [2.75, 3.05) is 6.54 Å². The van der Waals surface area contributed by atoms with E-state index in [4.69, 9.17) is 5.73 Å². The van der Waals surface area contributed by atoms with Crippen molar-refractivity contribution in [2.24, 2.45) is 11.1 Å². The van der Waals surface area contributed by atoms with Crippen LogP contribution in [0.4, 0.5) is 0 Å². The molecule has 3 nitrogen and oxygen atoms in total. The average molecular weight is 254 g/mol. The smallest absolute Gasteiger partial charge is 0.227 e. The molecule has 0 heterocycles. The van der Waals surface area contributed by atoms with Crippen LogP contribution in [0.2, 0.25) is 0 Å². The molecule has 0 spiro atoms. The van der Waals surface area contributed by atoms with E-state index in [9.17, 15) is 4.79 Å². The first kappa shape index (κ1) is 15.5. The number of hydrogen-bond acceptors (Lipinski definition) is 2. The molecular weight excluding hydrogens is 224 g/mol. The Bertz CT molecular complexity index is 266. The minimum absolute atomic E-state index is 0.111. The standard InChI is InChI=1S/C15H30N2O/c1-4-9-14(2,3)17-13(18)15(12-16)10-7-5-6-8-11-15/h4-12,16H2,1-3H3,(H,17,18). The lowest BCUT2D eigenvalue weighted by atomic mass is 9.78. The van der Waals surface area contributed by atoms with Crippen LogP contribution < -0.4 is 11.1 Å². The molecule has 0 saturated heterocycles. The van der Waals surface area contributed by atoms with Crippen LogP contribution in [0.25, 0.3) is 0 Å². The molecule has 0 atom stereocenters. The predicted molar refractivity (Wildman–Crippen MR) is 76.3 cm³/mol. The van der Waals surface area contributed by atoms with Crippen LogP contribution in [0.15, 0.2) is 0 Å². The number of hydrogen-bond donors (Lipinski definition) is 2. The molecule has 0 unspecified atom stereocenters. The molecule has 1 rings (SSSR count). The van der Waals surface area contributed by atoms with E-state index >= 15 is 0 Å². The van der Waals surface area contributed by atoms with Crippen molar-refractivity contribution in [3.05, 3.63) is 0 Å². The fourth-order valence-corrected chi connectivity index (χ4v) is 3.06. The van der Waals surface area contributed by atoms with E-state index in [1.807, 2.05) is 0 Å². The summed E-state index contributed by atoms with van der Waals surface area (Å²) in [5.41, 5.74) is 5.53. The second-order valence-electron chi connectivity index (χ2n) is 6.49. The summed E-state index contributed by atoms with van der Waals surface area (Å²) < 4.78 is 0. The molecule has 1 saturated carbocycles. The predicted octanol–water partition coefficient (Wildman–Crippen LogP) is 2.98. The van der Waals surface area contributed by atoms with Gasteiger partial charge in [0, 0.05) is 12.1 Å². The third-order valence-corrected chi connectivity index (χ3v) is 4.26. The highest BCUT2D eigenvalue weighted by atomic mass is 16.2. The quantitative estimate of drug-likeness (QED) is 0.741. The molecule has 1 fully saturated rings. The SMILES string of the molecule is CCCC(C)(C)NC(=O)C1(CN)CCCCCC1. The van der Waals surface area contributed by atoms with E-state index in [-0.39, 0.29) is 16.9 Å². The molecule has 1 aliphatic carbocycles. The number of carbonyl (C=O) groups is 1. The second-order valence-corrected chi connectivity index (χ2v) is 6.49. The first-order chi connectivity index (χ1) is 8.46. The zero-order chi connectivity index (χ0) is 13.6. The fourth-order valence-electron chi connectivity index (χ4n) is 3.06. The van der Waals surface area contributed by atoms with Gasteiger partial charge in [-0.3, -0.25) is 4.79 Å². The van der Waals surface area contributed by atoms with E-state index < -0.39 is 0 Å². The first-order valence-corrected chi connectivity index (χ1v) is 7.48. The number of rotatable bonds is 5. The van der Waals surface area contributed by atoms with Crippen molar-refractivity contribution in [1.29, 1.82) is 0 Å². The monoisotopic (exact) mass is 254 g/mol. The van der Waals surface area contributed by atoms with Gasteiger partial charge in [-0.2, -0.15) is 0 Å². The van der Waals surface area contributed by atoms with Crippen molar-refractivity contribution in [1.82, 2.24) is 5.32 Å². The topological polar surface area (TPSA) is 55.1 Å². The third-order valence-electron chi connectivity index (χ3n) is 4.26. The van der Waals surface area contributed by atoms with Crippen LogP contribution in [0.1, 0.15) is 72.1 Å². The van der Waals surface area contributed by atoms with Crippen molar-refractivity contribution in [3.63, 3.8) is 0 Å². The summed E-state index contributed by atoms with van der Waals surface area (Å²) in [5.74, 6) is 0.186. The number of carbonyl (C=O) groups excluding carboxylic acids is 1. The molecule has 0 bridgehead atoms. The summed E-state index contributed by atoms with van der Waals surface area (Å²) in [7, 11) is 0. The molecule has 1 aliphatic rings. The van der Waals surface area contributed by atoms with Gasteiger partial charge < -0.3 is 11.1 Å². The maximum absolute atomic E-state index is 12.6. The number of amides is 1. The number of nitrogens with two attached hydrogens (primary N) is 1. The van der Waals surface area contributed by atoms with Gasteiger partial charge in [0.05, 0.1) is 5.41 Å². The Morgan fingerprint density at radius 2 is 1.78 bits per heavy atom. The van der Waals surface area contributed by atoms with Crippen molar-refractivity contribution in [3.8, 4) is 0 Å². The molecule has 3 heteroatoms. The van der Waals surface area contributed by atoms with Crippen molar-refractivity contribution < 1.29 is 4.79 Å². The summed E-state index contributed by atoms with van der Waals surface area (Å²) in [6.45, 7) is 6.85. The molecule has 0 aromatic rings. The minimum atomic E-state index is -0.304. The van der Waals surface area contributed by atoms with E-state index in [1.54, 1.807) is 0 Å². The van der Waals surface area contributed by atoms with Crippen LogP contribution in [0.5, 0.6) is 0 Å². The van der Waals surface area contributed by atoms with Crippen LogP contribution in [0.3, 0.4) is 0 Å². The zero-order valence-electron chi connectivity index (χ0n) is 12.3. The first-order valence-electron chi connectivity index (χ1n) is 7.48. The van der Waals surface area contributed by atoms with Gasteiger partial charge >= 0.3 is 0 Å². The van der Waals surface area contributed by atoms with Crippen LogP contribution in [-0.2, 0) is 4.79 Å². The van der Waals surface area contributed by atoms with E-state index in [1.165, 1.54) is 12.8 Å². The normalized spacial score (nSPS) is 20.2. The van der Waals surface area contributed by atoms with Crippen LogP contribution >= 0.6 is 0 Å². The van der Waals surface area contributed by atoms with E-state index in [2.05, 4.69) is 26.1 Å². The maximum Gasteiger partial charge on any atom is 0.227 e. The maximum atomic E-state index is 12.6.